The molecule has 0 radical (unpaired) electrons. The summed E-state index contributed by atoms with van der Waals surface area (Å²) in [7, 11) is 0. The first-order chi connectivity index (χ1) is 11.2. The van der Waals surface area contributed by atoms with E-state index in [0.29, 0.717) is 0 Å². The standard InChI is InChI=1S/C17H19F2N3O/c18-17(19)23-14-7-5-13(6-8-14)12-22-11-2-1-4-15(22)16-20-9-3-10-21-16/h3,5-10,15,17H,1-2,4,11-12H2. The minimum atomic E-state index is -2.79. The third-order valence-electron chi connectivity index (χ3n) is 4.03. The van der Waals surface area contributed by atoms with Crippen molar-refractivity contribution in [1.29, 1.82) is 0 Å². The molecule has 1 aromatic heterocycles. The van der Waals surface area contributed by atoms with E-state index in [1.807, 2.05) is 18.2 Å². The average Bonchev–Trinajstić information content (AvgIpc) is 2.57. The van der Waals surface area contributed by atoms with Crippen molar-refractivity contribution < 1.29 is 13.5 Å². The summed E-state index contributed by atoms with van der Waals surface area (Å²) in [5.74, 6) is 1.04. The Kier molecular flexibility index (Phi) is 5.12. The topological polar surface area (TPSA) is 38.2 Å². The van der Waals surface area contributed by atoms with E-state index in [0.717, 1.165) is 37.3 Å². The molecule has 122 valence electrons. The largest absolute Gasteiger partial charge is 0.435 e. The molecule has 1 saturated heterocycles. The molecule has 4 nitrogen and oxygen atoms in total. The lowest BCUT2D eigenvalue weighted by Gasteiger charge is -2.34. The second-order valence-electron chi connectivity index (χ2n) is 5.61. The smallest absolute Gasteiger partial charge is 0.387 e. The van der Waals surface area contributed by atoms with Gasteiger partial charge in [-0.3, -0.25) is 4.90 Å². The highest BCUT2D eigenvalue weighted by molar-refractivity contribution is 5.27. The Morgan fingerprint density at radius 2 is 1.87 bits per heavy atom. The van der Waals surface area contributed by atoms with Crippen molar-refractivity contribution in [3.8, 4) is 5.75 Å². The van der Waals surface area contributed by atoms with Gasteiger partial charge in [0, 0.05) is 18.9 Å². The number of halogens is 2. The van der Waals surface area contributed by atoms with Gasteiger partial charge in [-0.05, 0) is 43.1 Å². The Morgan fingerprint density at radius 3 is 2.57 bits per heavy atom. The fraction of sp³-hybridized carbons (Fsp3) is 0.412. The van der Waals surface area contributed by atoms with E-state index in [2.05, 4.69) is 19.6 Å². The molecule has 1 aromatic carbocycles. The van der Waals surface area contributed by atoms with Crippen LogP contribution in [0, 0.1) is 0 Å². The lowest BCUT2D eigenvalue weighted by molar-refractivity contribution is -0.0498. The second kappa shape index (κ2) is 7.46. The van der Waals surface area contributed by atoms with Crippen molar-refractivity contribution >= 4 is 0 Å². The fourth-order valence-corrected chi connectivity index (χ4v) is 2.97. The van der Waals surface area contributed by atoms with Crippen molar-refractivity contribution in [2.75, 3.05) is 6.54 Å². The summed E-state index contributed by atoms with van der Waals surface area (Å²) in [6.07, 6.45) is 6.89. The van der Waals surface area contributed by atoms with E-state index in [4.69, 9.17) is 0 Å². The van der Waals surface area contributed by atoms with Crippen LogP contribution >= 0.6 is 0 Å². The van der Waals surface area contributed by atoms with Crippen LogP contribution in [-0.4, -0.2) is 28.0 Å². The zero-order valence-electron chi connectivity index (χ0n) is 12.7. The first-order valence-corrected chi connectivity index (χ1v) is 7.77. The van der Waals surface area contributed by atoms with Crippen molar-refractivity contribution in [3.63, 3.8) is 0 Å². The van der Waals surface area contributed by atoms with Gasteiger partial charge in [0.05, 0.1) is 6.04 Å². The molecule has 2 heterocycles. The molecule has 23 heavy (non-hydrogen) atoms. The van der Waals surface area contributed by atoms with E-state index in [-0.39, 0.29) is 11.8 Å². The van der Waals surface area contributed by atoms with Gasteiger partial charge in [-0.1, -0.05) is 18.6 Å². The highest BCUT2D eigenvalue weighted by Crippen LogP contribution is 2.30. The Labute approximate surface area is 134 Å². The average molecular weight is 319 g/mol. The van der Waals surface area contributed by atoms with Crippen molar-refractivity contribution in [2.45, 2.75) is 38.5 Å². The van der Waals surface area contributed by atoms with Gasteiger partial charge in [0.25, 0.3) is 0 Å². The summed E-state index contributed by atoms with van der Waals surface area (Å²) < 4.78 is 28.8. The van der Waals surface area contributed by atoms with E-state index in [1.54, 1.807) is 24.5 Å². The van der Waals surface area contributed by atoms with E-state index >= 15 is 0 Å². The number of benzene rings is 1. The normalized spacial score (nSPS) is 19.0. The van der Waals surface area contributed by atoms with Crippen LogP contribution in [0.1, 0.15) is 36.7 Å². The molecule has 0 spiro atoms. The molecule has 1 aliphatic heterocycles. The fourth-order valence-electron chi connectivity index (χ4n) is 2.97. The number of aromatic nitrogens is 2. The van der Waals surface area contributed by atoms with Gasteiger partial charge in [0.15, 0.2) is 0 Å². The number of ether oxygens (including phenoxy) is 1. The Balaban J connectivity index is 1.69. The van der Waals surface area contributed by atoms with Crippen LogP contribution in [0.25, 0.3) is 0 Å². The third kappa shape index (κ3) is 4.22. The molecule has 1 atom stereocenters. The quantitative estimate of drug-likeness (QED) is 0.840. The van der Waals surface area contributed by atoms with Crippen LogP contribution in [0.3, 0.4) is 0 Å². The number of rotatable bonds is 5. The van der Waals surface area contributed by atoms with Crippen LogP contribution in [0.15, 0.2) is 42.7 Å². The number of piperidine rings is 1. The number of likely N-dealkylation sites (tertiary alicyclic amines) is 1. The first-order valence-electron chi connectivity index (χ1n) is 7.77. The summed E-state index contributed by atoms with van der Waals surface area (Å²) in [6, 6.07) is 8.85. The van der Waals surface area contributed by atoms with Crippen molar-refractivity contribution in [3.05, 3.63) is 54.1 Å². The third-order valence-corrected chi connectivity index (χ3v) is 4.03. The highest BCUT2D eigenvalue weighted by Gasteiger charge is 2.25. The maximum absolute atomic E-state index is 12.2. The molecule has 6 heteroatoms. The molecule has 0 amide bonds. The summed E-state index contributed by atoms with van der Waals surface area (Å²) in [5.41, 5.74) is 1.06. The Hall–Kier alpha value is -2.08. The number of hydrogen-bond acceptors (Lipinski definition) is 4. The van der Waals surface area contributed by atoms with Crippen molar-refractivity contribution in [1.82, 2.24) is 14.9 Å². The van der Waals surface area contributed by atoms with Crippen LogP contribution in [0.5, 0.6) is 5.75 Å². The van der Waals surface area contributed by atoms with Gasteiger partial charge in [-0.2, -0.15) is 8.78 Å². The molecular weight excluding hydrogens is 300 g/mol. The summed E-state index contributed by atoms with van der Waals surface area (Å²) in [5, 5.41) is 0. The molecule has 3 rings (SSSR count). The summed E-state index contributed by atoms with van der Waals surface area (Å²) in [6.45, 7) is -1.06. The highest BCUT2D eigenvalue weighted by atomic mass is 19.3. The van der Waals surface area contributed by atoms with Gasteiger partial charge >= 0.3 is 6.61 Å². The van der Waals surface area contributed by atoms with Crippen LogP contribution in [0.2, 0.25) is 0 Å². The van der Waals surface area contributed by atoms with Crippen molar-refractivity contribution in [2.24, 2.45) is 0 Å². The van der Waals surface area contributed by atoms with Gasteiger partial charge in [0.2, 0.25) is 0 Å². The molecule has 0 saturated carbocycles. The van der Waals surface area contributed by atoms with Crippen LogP contribution < -0.4 is 4.74 Å². The van der Waals surface area contributed by atoms with Gasteiger partial charge in [0.1, 0.15) is 11.6 Å². The Morgan fingerprint density at radius 1 is 1.13 bits per heavy atom. The SMILES string of the molecule is FC(F)Oc1ccc(CN2CCCCC2c2ncccn2)cc1. The van der Waals surface area contributed by atoms with Crippen LogP contribution in [0.4, 0.5) is 8.78 Å². The Bertz CT molecular complexity index is 607. The molecule has 1 fully saturated rings. The minimum absolute atomic E-state index is 0.185. The minimum Gasteiger partial charge on any atom is -0.435 e. The van der Waals surface area contributed by atoms with Gasteiger partial charge in [-0.25, -0.2) is 9.97 Å². The maximum Gasteiger partial charge on any atom is 0.387 e. The van der Waals surface area contributed by atoms with Gasteiger partial charge in [-0.15, -0.1) is 0 Å². The first kappa shape index (κ1) is 15.8. The number of nitrogens with zero attached hydrogens (tertiary/aromatic N) is 3. The molecular formula is C17H19F2N3O. The summed E-state index contributed by atoms with van der Waals surface area (Å²) >= 11 is 0. The molecule has 0 N–H and O–H groups in total. The monoisotopic (exact) mass is 319 g/mol. The second-order valence-corrected chi connectivity index (χ2v) is 5.61. The predicted octanol–water partition coefficient (Wildman–Crippen LogP) is 3.81. The molecule has 1 unspecified atom stereocenters. The van der Waals surface area contributed by atoms with E-state index < -0.39 is 6.61 Å². The van der Waals surface area contributed by atoms with Gasteiger partial charge < -0.3 is 4.74 Å². The zero-order chi connectivity index (χ0) is 16.1. The number of hydrogen-bond donors (Lipinski definition) is 0. The lowest BCUT2D eigenvalue weighted by Crippen LogP contribution is -2.33. The van der Waals surface area contributed by atoms with E-state index in [1.165, 1.54) is 6.42 Å². The van der Waals surface area contributed by atoms with E-state index in [9.17, 15) is 8.78 Å². The number of alkyl halides is 2. The molecule has 2 aromatic rings. The zero-order valence-corrected chi connectivity index (χ0v) is 12.7. The molecule has 0 bridgehead atoms. The molecule has 0 aliphatic carbocycles. The maximum atomic E-state index is 12.2. The molecule has 1 aliphatic rings. The predicted molar refractivity (Wildman–Crippen MR) is 82.1 cm³/mol. The van der Waals surface area contributed by atoms with Crippen LogP contribution in [-0.2, 0) is 6.54 Å². The lowest BCUT2D eigenvalue weighted by atomic mass is 10.0. The summed E-state index contributed by atoms with van der Waals surface area (Å²) in [4.78, 5) is 11.1.